The summed E-state index contributed by atoms with van der Waals surface area (Å²) in [6.07, 6.45) is 0. The lowest BCUT2D eigenvalue weighted by Crippen LogP contribution is -2.24. The molecule has 0 amide bonds. The molecule has 0 aliphatic carbocycles. The highest BCUT2D eigenvalue weighted by Crippen LogP contribution is 2.36. The highest BCUT2D eigenvalue weighted by atomic mass is 79.9. The first-order valence-corrected chi connectivity index (χ1v) is 10.6. The minimum atomic E-state index is 0.958. The Hall–Kier alpha value is -1.68. The Morgan fingerprint density at radius 1 is 0.815 bits per heavy atom. The number of aryl methyl sites for hydroxylation is 4. The highest BCUT2D eigenvalue weighted by Gasteiger charge is 2.27. The van der Waals surface area contributed by atoms with Crippen molar-refractivity contribution in [2.75, 3.05) is 40.9 Å². The maximum atomic E-state index is 3.62. The molecule has 3 nitrogen and oxygen atoms in total. The number of halogens is 1. The standard InChI is InChI=1S/C23H30BrN3/c1-7-25(8-2)21-13-18(5)23(19(6)14-21)27-10-9-26(15-27)22-16(3)11-20(24)12-17(22)4/h11-14H,7-10H2,1-6H3. The van der Waals surface area contributed by atoms with Gasteiger partial charge < -0.3 is 14.7 Å². The van der Waals surface area contributed by atoms with Gasteiger partial charge >= 0.3 is 0 Å². The first-order valence-electron chi connectivity index (χ1n) is 9.80. The molecular formula is C23H30BrN3. The summed E-state index contributed by atoms with van der Waals surface area (Å²) in [7, 11) is 0. The van der Waals surface area contributed by atoms with Crippen LogP contribution in [0.15, 0.2) is 28.7 Å². The molecule has 0 N–H and O–H groups in total. The third-order valence-electron chi connectivity index (χ3n) is 5.39. The van der Waals surface area contributed by atoms with E-state index in [1.165, 1.54) is 39.3 Å². The molecule has 1 saturated heterocycles. The van der Waals surface area contributed by atoms with E-state index in [1.54, 1.807) is 0 Å². The fourth-order valence-corrected chi connectivity index (χ4v) is 4.92. The van der Waals surface area contributed by atoms with Crippen LogP contribution >= 0.6 is 15.9 Å². The Balaban J connectivity index is 1.88. The largest absolute Gasteiger partial charge is 0.372 e. The average molecular weight is 428 g/mol. The van der Waals surface area contributed by atoms with Crippen LogP contribution in [-0.2, 0) is 0 Å². The van der Waals surface area contributed by atoms with Crippen LogP contribution in [0.1, 0.15) is 36.1 Å². The van der Waals surface area contributed by atoms with Gasteiger partial charge in [0.25, 0.3) is 0 Å². The smallest absolute Gasteiger partial charge is 0.208 e. The molecule has 0 spiro atoms. The molecule has 1 aliphatic heterocycles. The van der Waals surface area contributed by atoms with Gasteiger partial charge in [0.1, 0.15) is 0 Å². The molecule has 1 fully saturated rings. The second-order valence-electron chi connectivity index (χ2n) is 7.39. The van der Waals surface area contributed by atoms with Crippen LogP contribution in [0.4, 0.5) is 17.1 Å². The number of benzene rings is 2. The predicted molar refractivity (Wildman–Crippen MR) is 121 cm³/mol. The lowest BCUT2D eigenvalue weighted by Gasteiger charge is -2.27. The molecule has 0 aromatic heterocycles. The molecule has 27 heavy (non-hydrogen) atoms. The molecule has 1 heterocycles. The second kappa shape index (κ2) is 8.14. The van der Waals surface area contributed by atoms with Crippen LogP contribution in [0.25, 0.3) is 0 Å². The van der Waals surface area contributed by atoms with Crippen LogP contribution < -0.4 is 14.7 Å². The van der Waals surface area contributed by atoms with E-state index in [0.29, 0.717) is 0 Å². The lowest BCUT2D eigenvalue weighted by atomic mass is 10.1. The van der Waals surface area contributed by atoms with Crippen LogP contribution in [0, 0.1) is 34.4 Å². The summed E-state index contributed by atoms with van der Waals surface area (Å²) in [5.74, 6) is 0. The van der Waals surface area contributed by atoms with Gasteiger partial charge in [0, 0.05) is 47.7 Å². The summed E-state index contributed by atoms with van der Waals surface area (Å²) in [5.41, 5.74) is 9.07. The first-order chi connectivity index (χ1) is 12.8. The van der Waals surface area contributed by atoms with Gasteiger partial charge in [-0.1, -0.05) is 15.9 Å². The lowest BCUT2D eigenvalue weighted by molar-refractivity contribution is 0.864. The van der Waals surface area contributed by atoms with E-state index in [9.17, 15) is 0 Å². The number of hydrogen-bond donors (Lipinski definition) is 0. The van der Waals surface area contributed by atoms with Crippen molar-refractivity contribution in [3.63, 3.8) is 0 Å². The quantitative estimate of drug-likeness (QED) is 0.591. The summed E-state index contributed by atoms with van der Waals surface area (Å²) >= 11 is 3.60. The van der Waals surface area contributed by atoms with Gasteiger partial charge in [0.05, 0.1) is 0 Å². The summed E-state index contributed by atoms with van der Waals surface area (Å²) in [5, 5.41) is 0. The van der Waals surface area contributed by atoms with E-state index in [-0.39, 0.29) is 0 Å². The molecule has 2 aromatic rings. The van der Waals surface area contributed by atoms with E-state index in [0.717, 1.165) is 30.7 Å². The van der Waals surface area contributed by atoms with E-state index in [4.69, 9.17) is 0 Å². The Bertz CT molecular complexity index is 780. The van der Waals surface area contributed by atoms with Crippen molar-refractivity contribution in [1.29, 1.82) is 0 Å². The van der Waals surface area contributed by atoms with Crippen LogP contribution in [0.2, 0.25) is 0 Å². The van der Waals surface area contributed by atoms with E-state index < -0.39 is 0 Å². The van der Waals surface area contributed by atoms with Crippen LogP contribution in [-0.4, -0.2) is 26.2 Å². The van der Waals surface area contributed by atoms with Crippen molar-refractivity contribution in [3.05, 3.63) is 57.7 Å². The third kappa shape index (κ3) is 3.96. The molecule has 4 heteroatoms. The van der Waals surface area contributed by atoms with Gasteiger partial charge in [-0.25, -0.2) is 0 Å². The van der Waals surface area contributed by atoms with E-state index in [1.807, 2.05) is 0 Å². The molecule has 3 rings (SSSR count). The normalized spacial score (nSPS) is 14.2. The maximum Gasteiger partial charge on any atom is 0.208 e. The van der Waals surface area contributed by atoms with Crippen molar-refractivity contribution in [2.24, 2.45) is 0 Å². The second-order valence-corrected chi connectivity index (χ2v) is 8.31. The van der Waals surface area contributed by atoms with E-state index >= 15 is 0 Å². The predicted octanol–water partition coefficient (Wildman–Crippen LogP) is 5.85. The van der Waals surface area contributed by atoms with Gasteiger partial charge in [-0.15, -0.1) is 0 Å². The van der Waals surface area contributed by atoms with Gasteiger partial charge in [-0.2, -0.15) is 0 Å². The van der Waals surface area contributed by atoms with Crippen molar-refractivity contribution in [3.8, 4) is 0 Å². The molecule has 0 atom stereocenters. The Labute approximate surface area is 173 Å². The minimum absolute atomic E-state index is 0.958. The zero-order valence-corrected chi connectivity index (χ0v) is 18.9. The van der Waals surface area contributed by atoms with Gasteiger partial charge in [-0.3, -0.25) is 0 Å². The SMILES string of the molecule is CCN(CC)c1cc(C)c(N2[C]N(c3c(C)cc(Br)cc3C)CC2)c(C)c1. The summed E-state index contributed by atoms with van der Waals surface area (Å²) < 4.78 is 1.14. The molecule has 0 unspecified atom stereocenters. The molecule has 144 valence electrons. The van der Waals surface area contributed by atoms with Gasteiger partial charge in [0.15, 0.2) is 0 Å². The number of hydrogen-bond acceptors (Lipinski definition) is 3. The zero-order chi connectivity index (χ0) is 19.7. The fourth-order valence-electron chi connectivity index (χ4n) is 4.23. The van der Waals surface area contributed by atoms with Crippen LogP contribution in [0.5, 0.6) is 0 Å². The molecule has 0 saturated carbocycles. The van der Waals surface area contributed by atoms with Crippen molar-refractivity contribution in [2.45, 2.75) is 41.5 Å². The third-order valence-corrected chi connectivity index (χ3v) is 5.85. The molecule has 2 aromatic carbocycles. The zero-order valence-electron chi connectivity index (χ0n) is 17.4. The number of anilines is 3. The molecule has 1 aliphatic rings. The Morgan fingerprint density at radius 3 is 1.63 bits per heavy atom. The number of rotatable bonds is 5. The van der Waals surface area contributed by atoms with Gasteiger partial charge in [-0.05, 0) is 88.1 Å². The summed E-state index contributed by atoms with van der Waals surface area (Å²) in [6, 6.07) is 9.00. The molecular weight excluding hydrogens is 398 g/mol. The molecule has 0 bridgehead atoms. The Morgan fingerprint density at radius 2 is 1.22 bits per heavy atom. The molecule has 2 radical (unpaired) electrons. The monoisotopic (exact) mass is 427 g/mol. The number of nitrogens with zero attached hydrogens (tertiary/aromatic N) is 3. The van der Waals surface area contributed by atoms with E-state index in [2.05, 4.69) is 103 Å². The summed E-state index contributed by atoms with van der Waals surface area (Å²) in [4.78, 5) is 6.97. The van der Waals surface area contributed by atoms with Crippen LogP contribution in [0.3, 0.4) is 0 Å². The summed E-state index contributed by atoms with van der Waals surface area (Å²) in [6.45, 7) is 20.8. The van der Waals surface area contributed by atoms with Gasteiger partial charge in [0.2, 0.25) is 6.67 Å². The first kappa shape index (κ1) is 20.1. The minimum Gasteiger partial charge on any atom is -0.372 e. The highest BCUT2D eigenvalue weighted by molar-refractivity contribution is 9.10. The topological polar surface area (TPSA) is 9.72 Å². The van der Waals surface area contributed by atoms with Crippen molar-refractivity contribution in [1.82, 2.24) is 0 Å². The Kier molecular flexibility index (Phi) is 6.05. The maximum absolute atomic E-state index is 3.62. The van der Waals surface area contributed by atoms with Crippen molar-refractivity contribution < 1.29 is 0 Å². The fraction of sp³-hybridized carbons (Fsp3) is 0.435. The van der Waals surface area contributed by atoms with Crippen molar-refractivity contribution >= 4 is 33.0 Å². The average Bonchev–Trinajstić information content (AvgIpc) is 3.03.